The molecule has 0 amide bonds. The van der Waals surface area contributed by atoms with Gasteiger partial charge in [-0.1, -0.05) is 48.5 Å². The molecule has 1 aliphatic heterocycles. The van der Waals surface area contributed by atoms with E-state index >= 15 is 0 Å². The van der Waals surface area contributed by atoms with Crippen molar-refractivity contribution in [2.24, 2.45) is 4.99 Å². The van der Waals surface area contributed by atoms with Crippen LogP contribution in [-0.2, 0) is 12.0 Å². The SMILES string of the molecule is C=C1CC2(CCCc3ccc(-c4cccc(C)c4)cc32)NC(=NC)N1. The molecule has 1 saturated heterocycles. The number of nitrogens with zero attached hydrogens (tertiary/aromatic N) is 1. The van der Waals surface area contributed by atoms with Gasteiger partial charge in [0.15, 0.2) is 5.96 Å². The lowest BCUT2D eigenvalue weighted by atomic mass is 9.72. The molecule has 0 saturated carbocycles. The van der Waals surface area contributed by atoms with Crippen LogP contribution < -0.4 is 10.6 Å². The number of hydrogen-bond acceptors (Lipinski definition) is 1. The van der Waals surface area contributed by atoms with Crippen molar-refractivity contribution >= 4 is 5.96 Å². The van der Waals surface area contributed by atoms with Crippen LogP contribution in [0.5, 0.6) is 0 Å². The zero-order valence-corrected chi connectivity index (χ0v) is 15.0. The number of guanidine groups is 1. The van der Waals surface area contributed by atoms with Crippen LogP contribution in [-0.4, -0.2) is 13.0 Å². The van der Waals surface area contributed by atoms with Gasteiger partial charge in [0.05, 0.1) is 5.54 Å². The molecule has 2 aliphatic rings. The number of nitrogens with one attached hydrogen (secondary N) is 2. The molecule has 0 aromatic heterocycles. The van der Waals surface area contributed by atoms with Crippen molar-refractivity contribution < 1.29 is 0 Å². The summed E-state index contributed by atoms with van der Waals surface area (Å²) < 4.78 is 0. The summed E-state index contributed by atoms with van der Waals surface area (Å²) >= 11 is 0. The van der Waals surface area contributed by atoms with Gasteiger partial charge in [-0.2, -0.15) is 0 Å². The van der Waals surface area contributed by atoms with E-state index in [0.717, 1.165) is 30.9 Å². The van der Waals surface area contributed by atoms with Crippen molar-refractivity contribution in [3.05, 3.63) is 71.4 Å². The van der Waals surface area contributed by atoms with Gasteiger partial charge >= 0.3 is 0 Å². The third-order valence-electron chi connectivity index (χ3n) is 5.42. The Morgan fingerprint density at radius 3 is 2.76 bits per heavy atom. The first-order valence-corrected chi connectivity index (χ1v) is 9.00. The summed E-state index contributed by atoms with van der Waals surface area (Å²) in [6.07, 6.45) is 4.34. The van der Waals surface area contributed by atoms with E-state index in [1.54, 1.807) is 0 Å². The predicted octanol–water partition coefficient (Wildman–Crippen LogP) is 4.28. The Labute approximate surface area is 149 Å². The number of aliphatic imine (C=N–C) groups is 1. The van der Waals surface area contributed by atoms with Gasteiger partial charge in [0.1, 0.15) is 0 Å². The van der Waals surface area contributed by atoms with Crippen molar-refractivity contribution in [1.29, 1.82) is 0 Å². The second kappa shape index (κ2) is 6.07. The van der Waals surface area contributed by atoms with Crippen molar-refractivity contribution in [3.63, 3.8) is 0 Å². The number of fused-ring (bicyclic) bond motifs is 2. The first-order chi connectivity index (χ1) is 12.1. The molecule has 2 N–H and O–H groups in total. The Morgan fingerprint density at radius 2 is 1.96 bits per heavy atom. The molecule has 3 heteroatoms. The molecule has 1 fully saturated rings. The smallest absolute Gasteiger partial charge is 0.195 e. The van der Waals surface area contributed by atoms with Gasteiger partial charge in [0, 0.05) is 19.2 Å². The van der Waals surface area contributed by atoms with Gasteiger partial charge in [0.2, 0.25) is 0 Å². The van der Waals surface area contributed by atoms with Gasteiger partial charge < -0.3 is 10.6 Å². The Morgan fingerprint density at radius 1 is 1.12 bits per heavy atom. The highest BCUT2D eigenvalue weighted by atomic mass is 15.2. The molecule has 1 spiro atoms. The second-order valence-corrected chi connectivity index (χ2v) is 7.28. The van der Waals surface area contributed by atoms with E-state index in [0.29, 0.717) is 0 Å². The Kier molecular flexibility index (Phi) is 3.87. The molecule has 3 nitrogen and oxygen atoms in total. The summed E-state index contributed by atoms with van der Waals surface area (Å²) in [6, 6.07) is 15.7. The molecule has 0 bridgehead atoms. The summed E-state index contributed by atoms with van der Waals surface area (Å²) in [7, 11) is 1.81. The number of hydrogen-bond donors (Lipinski definition) is 2. The molecule has 2 aromatic rings. The number of aryl methyl sites for hydroxylation is 2. The van der Waals surface area contributed by atoms with E-state index < -0.39 is 0 Å². The van der Waals surface area contributed by atoms with E-state index in [-0.39, 0.29) is 5.54 Å². The zero-order valence-electron chi connectivity index (χ0n) is 15.0. The van der Waals surface area contributed by atoms with E-state index in [2.05, 4.69) is 71.6 Å². The first-order valence-electron chi connectivity index (χ1n) is 9.00. The quantitative estimate of drug-likeness (QED) is 0.818. The van der Waals surface area contributed by atoms with E-state index in [9.17, 15) is 0 Å². The van der Waals surface area contributed by atoms with E-state index in [1.165, 1.54) is 34.2 Å². The minimum atomic E-state index is -0.0927. The average Bonchev–Trinajstić information content (AvgIpc) is 2.61. The third kappa shape index (κ3) is 2.84. The fourth-order valence-corrected chi connectivity index (χ4v) is 4.26. The van der Waals surface area contributed by atoms with Crippen LogP contribution in [0.15, 0.2) is 59.7 Å². The normalized spacial score (nSPS) is 23.9. The topological polar surface area (TPSA) is 36.4 Å². The van der Waals surface area contributed by atoms with Crippen LogP contribution in [0.4, 0.5) is 0 Å². The lowest BCUT2D eigenvalue weighted by Crippen LogP contribution is -2.57. The maximum Gasteiger partial charge on any atom is 0.195 e. The Balaban J connectivity index is 1.83. The van der Waals surface area contributed by atoms with Crippen LogP contribution in [0.1, 0.15) is 36.0 Å². The average molecular weight is 331 g/mol. The lowest BCUT2D eigenvalue weighted by Gasteiger charge is -2.45. The molecule has 0 radical (unpaired) electrons. The first kappa shape index (κ1) is 15.9. The summed E-state index contributed by atoms with van der Waals surface area (Å²) in [5, 5.41) is 6.94. The molecule has 2 aromatic carbocycles. The van der Waals surface area contributed by atoms with Crippen molar-refractivity contribution in [1.82, 2.24) is 10.6 Å². The predicted molar refractivity (Wildman–Crippen MR) is 105 cm³/mol. The number of rotatable bonds is 1. The number of benzene rings is 2. The van der Waals surface area contributed by atoms with Gasteiger partial charge in [-0.25, -0.2) is 0 Å². The van der Waals surface area contributed by atoms with Crippen LogP contribution >= 0.6 is 0 Å². The molecule has 1 unspecified atom stereocenters. The largest absolute Gasteiger partial charge is 0.346 e. The van der Waals surface area contributed by atoms with Crippen molar-refractivity contribution in [3.8, 4) is 11.1 Å². The maximum atomic E-state index is 4.35. The van der Waals surface area contributed by atoms with E-state index in [4.69, 9.17) is 0 Å². The maximum absolute atomic E-state index is 4.35. The standard InChI is InChI=1S/C22H25N3/c1-15-6-4-7-18(12-15)19-10-9-17-8-5-11-22(20(17)13-19)14-16(2)24-21(23-3)25-22/h4,6-7,9-10,12-13H,2,5,8,11,14H2,1,3H3,(H2,23,24,25). The van der Waals surface area contributed by atoms with E-state index in [1.807, 2.05) is 7.05 Å². The molecule has 128 valence electrons. The third-order valence-corrected chi connectivity index (χ3v) is 5.42. The fraction of sp³-hybridized carbons (Fsp3) is 0.318. The van der Waals surface area contributed by atoms with Crippen LogP contribution in [0.3, 0.4) is 0 Å². The molecular weight excluding hydrogens is 306 g/mol. The summed E-state index contributed by atoms with van der Waals surface area (Å²) in [5.74, 6) is 0.824. The zero-order chi connectivity index (χ0) is 17.4. The highest BCUT2D eigenvalue weighted by Gasteiger charge is 2.40. The van der Waals surface area contributed by atoms with Gasteiger partial charge in [-0.05, 0) is 54.5 Å². The van der Waals surface area contributed by atoms with Crippen LogP contribution in [0.25, 0.3) is 11.1 Å². The second-order valence-electron chi connectivity index (χ2n) is 7.28. The summed E-state index contributed by atoms with van der Waals surface area (Å²) in [4.78, 5) is 4.35. The highest BCUT2D eigenvalue weighted by molar-refractivity contribution is 5.84. The summed E-state index contributed by atoms with van der Waals surface area (Å²) in [5.41, 5.74) is 7.64. The lowest BCUT2D eigenvalue weighted by molar-refractivity contribution is 0.308. The molecule has 1 aliphatic carbocycles. The van der Waals surface area contributed by atoms with Gasteiger partial charge in [-0.15, -0.1) is 0 Å². The minimum absolute atomic E-state index is 0.0927. The van der Waals surface area contributed by atoms with Crippen LogP contribution in [0.2, 0.25) is 0 Å². The van der Waals surface area contributed by atoms with Gasteiger partial charge in [0.25, 0.3) is 0 Å². The highest BCUT2D eigenvalue weighted by Crippen LogP contribution is 2.42. The molecule has 25 heavy (non-hydrogen) atoms. The fourth-order valence-electron chi connectivity index (χ4n) is 4.26. The molecular formula is C22H25N3. The molecule has 1 atom stereocenters. The molecule has 4 rings (SSSR count). The monoisotopic (exact) mass is 331 g/mol. The minimum Gasteiger partial charge on any atom is -0.346 e. The van der Waals surface area contributed by atoms with Crippen molar-refractivity contribution in [2.75, 3.05) is 7.05 Å². The van der Waals surface area contributed by atoms with Gasteiger partial charge in [-0.3, -0.25) is 4.99 Å². The van der Waals surface area contributed by atoms with Crippen LogP contribution in [0, 0.1) is 6.92 Å². The van der Waals surface area contributed by atoms with Crippen molar-refractivity contribution in [2.45, 2.75) is 38.1 Å². The summed E-state index contributed by atoms with van der Waals surface area (Å²) in [6.45, 7) is 6.34. The Hall–Kier alpha value is -2.55. The molecule has 1 heterocycles. The Bertz CT molecular complexity index is 865.